The van der Waals surface area contributed by atoms with Gasteiger partial charge in [-0.3, -0.25) is 0 Å². The highest BCUT2D eigenvalue weighted by Crippen LogP contribution is 2.28. The number of rotatable bonds is 6. The number of nitrogens with one attached hydrogen (secondary N) is 1. The van der Waals surface area contributed by atoms with Crippen molar-refractivity contribution in [2.75, 3.05) is 11.9 Å². The first-order valence-electron chi connectivity index (χ1n) is 6.09. The van der Waals surface area contributed by atoms with Gasteiger partial charge in [-0.15, -0.1) is 0 Å². The summed E-state index contributed by atoms with van der Waals surface area (Å²) in [7, 11) is 0. The molecule has 0 unspecified atom stereocenters. The van der Waals surface area contributed by atoms with E-state index >= 15 is 0 Å². The summed E-state index contributed by atoms with van der Waals surface area (Å²) in [6.07, 6.45) is 0.962. The third-order valence-electron chi connectivity index (χ3n) is 2.49. The van der Waals surface area contributed by atoms with E-state index in [0.717, 1.165) is 28.3 Å². The van der Waals surface area contributed by atoms with Crippen molar-refractivity contribution in [1.29, 1.82) is 0 Å². The zero-order chi connectivity index (χ0) is 13.7. The van der Waals surface area contributed by atoms with Gasteiger partial charge in [0.25, 0.3) is 0 Å². The van der Waals surface area contributed by atoms with Crippen LogP contribution in [0.25, 0.3) is 0 Å². The van der Waals surface area contributed by atoms with Crippen LogP contribution in [0.4, 0.5) is 5.69 Å². The quantitative estimate of drug-likeness (QED) is 0.792. The molecule has 1 N–H and O–H groups in total. The van der Waals surface area contributed by atoms with Gasteiger partial charge in [0.05, 0.1) is 18.2 Å². The lowest BCUT2D eigenvalue weighted by atomic mass is 10.3. The fourth-order valence-electron chi connectivity index (χ4n) is 1.58. The normalized spacial score (nSPS) is 10.5. The Hall–Kier alpha value is -1.13. The Morgan fingerprint density at radius 1 is 1.32 bits per heavy atom. The van der Waals surface area contributed by atoms with Gasteiger partial charge in [0.1, 0.15) is 11.5 Å². The van der Waals surface area contributed by atoms with Gasteiger partial charge < -0.3 is 14.5 Å². The minimum absolute atomic E-state index is 0.608. The van der Waals surface area contributed by atoms with Gasteiger partial charge in [-0.25, -0.2) is 0 Å². The molecule has 0 aliphatic rings. The monoisotopic (exact) mass is 343 g/mol. The van der Waals surface area contributed by atoms with Crippen molar-refractivity contribution in [1.82, 2.24) is 0 Å². The largest absolute Gasteiger partial charge is 0.492 e. The molecular formula is C14H15BrClNO2. The number of anilines is 1. The predicted molar refractivity (Wildman–Crippen MR) is 81.0 cm³/mol. The molecule has 0 aliphatic carbocycles. The number of benzene rings is 1. The molecule has 0 aliphatic heterocycles. The Bertz CT molecular complexity index is 542. The summed E-state index contributed by atoms with van der Waals surface area (Å²) in [5.74, 6) is 1.57. The lowest BCUT2D eigenvalue weighted by molar-refractivity contribution is 0.317. The van der Waals surface area contributed by atoms with Crippen LogP contribution in [0, 0.1) is 0 Å². The van der Waals surface area contributed by atoms with Crippen molar-refractivity contribution < 1.29 is 9.15 Å². The molecule has 1 aromatic carbocycles. The summed E-state index contributed by atoms with van der Waals surface area (Å²) in [6.45, 7) is 3.34. The Morgan fingerprint density at radius 2 is 2.16 bits per heavy atom. The second-order valence-electron chi connectivity index (χ2n) is 4.05. The average molecular weight is 345 g/mol. The van der Waals surface area contributed by atoms with Crippen molar-refractivity contribution in [3.05, 3.63) is 45.8 Å². The van der Waals surface area contributed by atoms with Gasteiger partial charge in [0, 0.05) is 5.69 Å². The number of furan rings is 1. The van der Waals surface area contributed by atoms with Crippen LogP contribution in [0.3, 0.4) is 0 Å². The fourth-order valence-corrected chi connectivity index (χ4v) is 2.15. The van der Waals surface area contributed by atoms with Crippen LogP contribution < -0.4 is 10.1 Å². The summed E-state index contributed by atoms with van der Waals surface area (Å²) in [4.78, 5) is 0. The van der Waals surface area contributed by atoms with Gasteiger partial charge in [-0.05, 0) is 52.7 Å². The number of hydrogen-bond donors (Lipinski definition) is 1. The molecule has 2 rings (SSSR count). The zero-order valence-corrected chi connectivity index (χ0v) is 12.9. The first-order chi connectivity index (χ1) is 9.19. The third-order valence-corrected chi connectivity index (χ3v) is 3.21. The van der Waals surface area contributed by atoms with E-state index in [1.54, 1.807) is 0 Å². The molecular weight excluding hydrogens is 330 g/mol. The highest BCUT2D eigenvalue weighted by molar-refractivity contribution is 9.10. The van der Waals surface area contributed by atoms with Crippen LogP contribution >= 0.6 is 27.5 Å². The fraction of sp³-hybridized carbons (Fsp3) is 0.286. The summed E-state index contributed by atoms with van der Waals surface area (Å²) < 4.78 is 11.7. The Kier molecular flexibility index (Phi) is 5.16. The molecule has 0 atom stereocenters. The summed E-state index contributed by atoms with van der Waals surface area (Å²) in [5.41, 5.74) is 0.932. The van der Waals surface area contributed by atoms with E-state index in [0.29, 0.717) is 18.2 Å². The minimum Gasteiger partial charge on any atom is -0.492 e. The van der Waals surface area contributed by atoms with Crippen LogP contribution in [0.5, 0.6) is 5.75 Å². The molecule has 0 bridgehead atoms. The second kappa shape index (κ2) is 6.87. The molecule has 5 heteroatoms. The van der Waals surface area contributed by atoms with E-state index in [4.69, 9.17) is 20.8 Å². The molecule has 0 spiro atoms. The minimum atomic E-state index is 0.608. The van der Waals surface area contributed by atoms with E-state index in [1.165, 1.54) is 0 Å². The lowest BCUT2D eigenvalue weighted by Crippen LogP contribution is -1.99. The lowest BCUT2D eigenvalue weighted by Gasteiger charge is -2.09. The van der Waals surface area contributed by atoms with Crippen LogP contribution in [-0.4, -0.2) is 6.61 Å². The van der Waals surface area contributed by atoms with Crippen molar-refractivity contribution in [2.45, 2.75) is 19.9 Å². The molecule has 0 saturated carbocycles. The average Bonchev–Trinajstić information content (AvgIpc) is 2.81. The highest BCUT2D eigenvalue weighted by Gasteiger charge is 2.04. The maximum Gasteiger partial charge on any atom is 0.169 e. The van der Waals surface area contributed by atoms with E-state index < -0.39 is 0 Å². The topological polar surface area (TPSA) is 34.4 Å². The van der Waals surface area contributed by atoms with Crippen molar-refractivity contribution in [3.8, 4) is 5.75 Å². The SMILES string of the molecule is CCCOc1ccc(NCc2ccc(Br)o2)cc1Cl. The number of ether oxygens (including phenoxy) is 1. The van der Waals surface area contributed by atoms with Crippen LogP contribution in [0.2, 0.25) is 5.02 Å². The van der Waals surface area contributed by atoms with Gasteiger partial charge in [0.2, 0.25) is 0 Å². The van der Waals surface area contributed by atoms with Crippen molar-refractivity contribution in [3.63, 3.8) is 0 Å². The Morgan fingerprint density at radius 3 is 2.79 bits per heavy atom. The number of hydrogen-bond acceptors (Lipinski definition) is 3. The standard InChI is InChI=1S/C14H15BrClNO2/c1-2-7-18-13-5-3-10(8-12(13)16)17-9-11-4-6-14(15)19-11/h3-6,8,17H,2,7,9H2,1H3. The van der Waals surface area contributed by atoms with Gasteiger partial charge in [-0.2, -0.15) is 0 Å². The van der Waals surface area contributed by atoms with Crippen LogP contribution in [-0.2, 0) is 6.54 Å². The number of halogens is 2. The van der Waals surface area contributed by atoms with E-state index in [-0.39, 0.29) is 0 Å². The molecule has 2 aromatic rings. The summed E-state index contributed by atoms with van der Waals surface area (Å²) in [6, 6.07) is 9.45. The third kappa shape index (κ3) is 4.18. The predicted octanol–water partition coefficient (Wildman–Crippen LogP) is 5.10. The Balaban J connectivity index is 1.95. The molecule has 1 aromatic heterocycles. The molecule has 0 saturated heterocycles. The van der Waals surface area contributed by atoms with E-state index in [9.17, 15) is 0 Å². The van der Waals surface area contributed by atoms with Crippen LogP contribution in [0.15, 0.2) is 39.4 Å². The van der Waals surface area contributed by atoms with Crippen molar-refractivity contribution in [2.24, 2.45) is 0 Å². The van der Waals surface area contributed by atoms with Crippen LogP contribution in [0.1, 0.15) is 19.1 Å². The van der Waals surface area contributed by atoms with Gasteiger partial charge in [0.15, 0.2) is 4.67 Å². The molecule has 0 fully saturated rings. The molecule has 0 radical (unpaired) electrons. The highest BCUT2D eigenvalue weighted by atomic mass is 79.9. The maximum absolute atomic E-state index is 6.16. The molecule has 102 valence electrons. The second-order valence-corrected chi connectivity index (χ2v) is 5.24. The van der Waals surface area contributed by atoms with E-state index in [1.807, 2.05) is 30.3 Å². The first-order valence-corrected chi connectivity index (χ1v) is 7.26. The maximum atomic E-state index is 6.16. The van der Waals surface area contributed by atoms with Gasteiger partial charge in [-0.1, -0.05) is 18.5 Å². The summed E-state index contributed by atoms with van der Waals surface area (Å²) in [5, 5.41) is 3.85. The van der Waals surface area contributed by atoms with Crippen molar-refractivity contribution >= 4 is 33.2 Å². The first kappa shape index (κ1) is 14.3. The molecule has 19 heavy (non-hydrogen) atoms. The molecule has 0 amide bonds. The Labute approximate surface area is 126 Å². The summed E-state index contributed by atoms with van der Waals surface area (Å²) >= 11 is 9.43. The van der Waals surface area contributed by atoms with E-state index in [2.05, 4.69) is 28.2 Å². The smallest absolute Gasteiger partial charge is 0.169 e. The molecule has 3 nitrogen and oxygen atoms in total. The van der Waals surface area contributed by atoms with Gasteiger partial charge >= 0.3 is 0 Å². The zero-order valence-electron chi connectivity index (χ0n) is 10.6. The molecule has 1 heterocycles.